The van der Waals surface area contributed by atoms with Crippen LogP contribution in [-0.4, -0.2) is 17.1 Å². The molecule has 0 aliphatic carbocycles. The summed E-state index contributed by atoms with van der Waals surface area (Å²) in [5, 5.41) is 8.87. The molecule has 1 aliphatic heterocycles. The van der Waals surface area contributed by atoms with Crippen molar-refractivity contribution in [2.45, 2.75) is 12.1 Å². The van der Waals surface area contributed by atoms with Crippen LogP contribution in [0.1, 0.15) is 11.6 Å². The number of hydrazine groups is 2. The monoisotopic (exact) mass is 211 g/mol. The van der Waals surface area contributed by atoms with Crippen molar-refractivity contribution >= 4 is 5.97 Å². The Kier molecular flexibility index (Phi) is 2.63. The summed E-state index contributed by atoms with van der Waals surface area (Å²) in [4.78, 5) is 10.8. The molecule has 1 aliphatic rings. The summed E-state index contributed by atoms with van der Waals surface area (Å²) in [6.07, 6.45) is 0. The van der Waals surface area contributed by atoms with E-state index in [1.54, 1.807) is 18.2 Å². The molecule has 6 heteroatoms. The maximum atomic E-state index is 13.4. The number of aliphatic carboxylic acids is 1. The molecule has 0 aromatic heterocycles. The van der Waals surface area contributed by atoms with Crippen LogP contribution in [0.25, 0.3) is 0 Å². The van der Waals surface area contributed by atoms with Gasteiger partial charge in [-0.25, -0.2) is 15.2 Å². The summed E-state index contributed by atoms with van der Waals surface area (Å²) >= 11 is 0. The predicted octanol–water partition coefficient (Wildman–Crippen LogP) is -0.0676. The van der Waals surface area contributed by atoms with Gasteiger partial charge in [-0.05, 0) is 6.07 Å². The van der Waals surface area contributed by atoms with Crippen LogP contribution in [0.15, 0.2) is 24.3 Å². The Bertz CT molecular complexity index is 385. The zero-order chi connectivity index (χ0) is 10.8. The summed E-state index contributed by atoms with van der Waals surface area (Å²) in [5.74, 6) is -1.47. The van der Waals surface area contributed by atoms with Crippen LogP contribution in [-0.2, 0) is 4.79 Å². The second-order valence-corrected chi connectivity index (χ2v) is 3.23. The molecule has 0 amide bonds. The van der Waals surface area contributed by atoms with Crippen molar-refractivity contribution in [1.82, 2.24) is 16.4 Å². The maximum Gasteiger partial charge on any atom is 0.324 e. The van der Waals surface area contributed by atoms with Gasteiger partial charge in [0, 0.05) is 5.56 Å². The van der Waals surface area contributed by atoms with Crippen molar-refractivity contribution in [2.24, 2.45) is 0 Å². The average Bonchev–Trinajstić information content (AvgIpc) is 2.67. The first-order chi connectivity index (χ1) is 7.20. The van der Waals surface area contributed by atoms with Crippen LogP contribution < -0.4 is 16.4 Å². The Balaban J connectivity index is 2.30. The van der Waals surface area contributed by atoms with Gasteiger partial charge in [0.2, 0.25) is 0 Å². The van der Waals surface area contributed by atoms with Gasteiger partial charge in [0.1, 0.15) is 11.9 Å². The van der Waals surface area contributed by atoms with E-state index in [-0.39, 0.29) is 0 Å². The number of carbonyl (C=O) groups is 1. The fourth-order valence-corrected chi connectivity index (χ4v) is 1.55. The van der Waals surface area contributed by atoms with E-state index < -0.39 is 23.9 Å². The minimum Gasteiger partial charge on any atom is -0.480 e. The SMILES string of the molecule is O=C(O)C1NNNC1c1ccccc1F. The quantitative estimate of drug-likeness (QED) is 0.551. The second kappa shape index (κ2) is 3.93. The Morgan fingerprint density at radius 3 is 2.73 bits per heavy atom. The number of carboxylic acid groups (broad SMARTS) is 1. The largest absolute Gasteiger partial charge is 0.480 e. The van der Waals surface area contributed by atoms with Gasteiger partial charge in [0.05, 0.1) is 6.04 Å². The van der Waals surface area contributed by atoms with Crippen LogP contribution in [0.4, 0.5) is 4.39 Å². The van der Waals surface area contributed by atoms with Crippen LogP contribution in [0.2, 0.25) is 0 Å². The van der Waals surface area contributed by atoms with E-state index in [0.717, 1.165) is 0 Å². The molecular weight excluding hydrogens is 201 g/mol. The van der Waals surface area contributed by atoms with E-state index in [1.165, 1.54) is 6.07 Å². The topological polar surface area (TPSA) is 73.4 Å². The number of hydrogen-bond donors (Lipinski definition) is 4. The van der Waals surface area contributed by atoms with Gasteiger partial charge < -0.3 is 5.11 Å². The number of carboxylic acids is 1. The van der Waals surface area contributed by atoms with Gasteiger partial charge in [0.15, 0.2) is 0 Å². The van der Waals surface area contributed by atoms with Crippen molar-refractivity contribution in [3.8, 4) is 0 Å². The summed E-state index contributed by atoms with van der Waals surface area (Å²) in [5.41, 5.74) is 7.97. The fourth-order valence-electron chi connectivity index (χ4n) is 1.55. The van der Waals surface area contributed by atoms with Crippen LogP contribution >= 0.6 is 0 Å². The smallest absolute Gasteiger partial charge is 0.324 e. The lowest BCUT2D eigenvalue weighted by atomic mass is 10.0. The van der Waals surface area contributed by atoms with Crippen molar-refractivity contribution in [1.29, 1.82) is 0 Å². The zero-order valence-electron chi connectivity index (χ0n) is 7.70. The molecule has 5 nitrogen and oxygen atoms in total. The molecule has 0 saturated carbocycles. The number of nitrogens with one attached hydrogen (secondary N) is 3. The first kappa shape index (κ1) is 10.0. The molecule has 1 heterocycles. The number of rotatable bonds is 2. The first-order valence-electron chi connectivity index (χ1n) is 4.43. The Hall–Kier alpha value is -1.50. The highest BCUT2D eigenvalue weighted by Gasteiger charge is 2.34. The summed E-state index contributed by atoms with van der Waals surface area (Å²) in [6, 6.07) is 4.57. The molecule has 2 unspecified atom stereocenters. The third kappa shape index (κ3) is 1.82. The highest BCUT2D eigenvalue weighted by Crippen LogP contribution is 2.21. The molecule has 1 fully saturated rings. The lowest BCUT2D eigenvalue weighted by Crippen LogP contribution is -2.38. The minimum atomic E-state index is -1.04. The lowest BCUT2D eigenvalue weighted by molar-refractivity contribution is -0.139. The van der Waals surface area contributed by atoms with Gasteiger partial charge in [-0.1, -0.05) is 18.2 Å². The molecule has 1 aromatic carbocycles. The molecule has 0 bridgehead atoms. The van der Waals surface area contributed by atoms with E-state index in [0.29, 0.717) is 5.56 Å². The molecule has 1 aromatic rings. The van der Waals surface area contributed by atoms with Crippen molar-refractivity contribution < 1.29 is 14.3 Å². The van der Waals surface area contributed by atoms with Crippen LogP contribution in [0.5, 0.6) is 0 Å². The third-order valence-electron chi connectivity index (χ3n) is 2.30. The first-order valence-corrected chi connectivity index (χ1v) is 4.43. The van der Waals surface area contributed by atoms with Gasteiger partial charge in [-0.3, -0.25) is 4.79 Å². The molecular formula is C9H10FN3O2. The number of halogens is 1. The number of benzene rings is 1. The summed E-state index contributed by atoms with van der Waals surface area (Å²) in [7, 11) is 0. The van der Waals surface area contributed by atoms with Crippen molar-refractivity contribution in [3.05, 3.63) is 35.6 Å². The molecule has 0 radical (unpaired) electrons. The van der Waals surface area contributed by atoms with Crippen molar-refractivity contribution in [2.75, 3.05) is 0 Å². The van der Waals surface area contributed by atoms with E-state index in [4.69, 9.17) is 5.11 Å². The molecule has 1 saturated heterocycles. The maximum absolute atomic E-state index is 13.4. The fraction of sp³-hybridized carbons (Fsp3) is 0.222. The molecule has 2 atom stereocenters. The molecule has 0 spiro atoms. The van der Waals surface area contributed by atoms with Gasteiger partial charge in [-0.2, -0.15) is 5.53 Å². The van der Waals surface area contributed by atoms with Gasteiger partial charge in [0.25, 0.3) is 0 Å². The number of hydrogen-bond acceptors (Lipinski definition) is 4. The highest BCUT2D eigenvalue weighted by atomic mass is 19.1. The second-order valence-electron chi connectivity index (χ2n) is 3.23. The molecule has 80 valence electrons. The average molecular weight is 211 g/mol. The van der Waals surface area contributed by atoms with Crippen LogP contribution in [0.3, 0.4) is 0 Å². The Morgan fingerprint density at radius 2 is 2.07 bits per heavy atom. The van der Waals surface area contributed by atoms with Crippen LogP contribution in [0, 0.1) is 5.82 Å². The van der Waals surface area contributed by atoms with E-state index in [1.807, 2.05) is 0 Å². The normalized spacial score (nSPS) is 25.4. The van der Waals surface area contributed by atoms with Gasteiger partial charge >= 0.3 is 5.97 Å². The standard InChI is InChI=1S/C9H10FN3O2/c10-6-4-2-1-3-5(6)7-8(9(14)15)12-13-11-7/h1-4,7-8,11-13H,(H,14,15). The predicted molar refractivity (Wildman–Crippen MR) is 50.0 cm³/mol. The van der Waals surface area contributed by atoms with Crippen molar-refractivity contribution in [3.63, 3.8) is 0 Å². The Labute approximate surface area is 85.2 Å². The lowest BCUT2D eigenvalue weighted by Gasteiger charge is -2.14. The third-order valence-corrected chi connectivity index (χ3v) is 2.30. The zero-order valence-corrected chi connectivity index (χ0v) is 7.70. The molecule has 4 N–H and O–H groups in total. The van der Waals surface area contributed by atoms with E-state index in [2.05, 4.69) is 16.4 Å². The minimum absolute atomic E-state index is 0.322. The summed E-state index contributed by atoms with van der Waals surface area (Å²) < 4.78 is 13.4. The van der Waals surface area contributed by atoms with Gasteiger partial charge in [-0.15, -0.1) is 0 Å². The highest BCUT2D eigenvalue weighted by molar-refractivity contribution is 5.75. The Morgan fingerprint density at radius 1 is 1.33 bits per heavy atom. The molecule has 15 heavy (non-hydrogen) atoms. The van der Waals surface area contributed by atoms with E-state index in [9.17, 15) is 9.18 Å². The van der Waals surface area contributed by atoms with E-state index >= 15 is 0 Å². The molecule has 2 rings (SSSR count). The summed E-state index contributed by atoms with van der Waals surface area (Å²) in [6.45, 7) is 0.